The number of hydrogen-bond acceptors (Lipinski definition) is 5. The van der Waals surface area contributed by atoms with Crippen LogP contribution in [-0.2, 0) is 0 Å². The summed E-state index contributed by atoms with van der Waals surface area (Å²) in [5.41, 5.74) is 6.89. The van der Waals surface area contributed by atoms with Crippen molar-refractivity contribution in [3.05, 3.63) is 40.7 Å². The third-order valence-electron chi connectivity index (χ3n) is 4.26. The van der Waals surface area contributed by atoms with Crippen LogP contribution in [0, 0.1) is 16.0 Å². The first kappa shape index (κ1) is 13.8. The molecule has 0 saturated carbocycles. The van der Waals surface area contributed by atoms with Crippen LogP contribution in [0.25, 0.3) is 10.8 Å². The van der Waals surface area contributed by atoms with Gasteiger partial charge in [0.2, 0.25) is 0 Å². The fourth-order valence-electron chi connectivity index (χ4n) is 3.00. The van der Waals surface area contributed by atoms with E-state index in [0.29, 0.717) is 11.3 Å². The maximum absolute atomic E-state index is 11.1. The normalized spacial score (nSPS) is 16.3. The van der Waals surface area contributed by atoms with E-state index in [9.17, 15) is 10.1 Å². The maximum atomic E-state index is 11.1. The van der Waals surface area contributed by atoms with E-state index in [1.165, 1.54) is 0 Å². The number of piperidine rings is 1. The number of aromatic nitrogens is 1. The molecule has 3 rings (SSSR count). The number of nitro groups is 1. The van der Waals surface area contributed by atoms with Gasteiger partial charge in [0.1, 0.15) is 0 Å². The number of anilines is 1. The number of rotatable bonds is 3. The second-order valence-electron chi connectivity index (χ2n) is 5.45. The highest BCUT2D eigenvalue weighted by atomic mass is 16.6. The molecular weight excluding hydrogens is 268 g/mol. The summed E-state index contributed by atoms with van der Waals surface area (Å²) in [6.45, 7) is 2.60. The summed E-state index contributed by atoms with van der Waals surface area (Å²) in [6, 6.07) is 5.14. The number of nitro benzene ring substituents is 1. The molecule has 0 bridgehead atoms. The van der Waals surface area contributed by atoms with Crippen LogP contribution in [0.15, 0.2) is 30.6 Å². The number of non-ortho nitro benzene ring substituents is 1. The average Bonchev–Trinajstić information content (AvgIpc) is 2.54. The Labute approximate surface area is 122 Å². The summed E-state index contributed by atoms with van der Waals surface area (Å²) >= 11 is 0. The van der Waals surface area contributed by atoms with Gasteiger partial charge in [0.15, 0.2) is 0 Å². The first-order valence-corrected chi connectivity index (χ1v) is 7.17. The van der Waals surface area contributed by atoms with Gasteiger partial charge in [-0.3, -0.25) is 15.1 Å². The quantitative estimate of drug-likeness (QED) is 0.691. The van der Waals surface area contributed by atoms with Crippen LogP contribution in [0.1, 0.15) is 12.8 Å². The fraction of sp³-hybridized carbons (Fsp3) is 0.400. The summed E-state index contributed by atoms with van der Waals surface area (Å²) in [6.07, 6.45) is 5.44. The summed E-state index contributed by atoms with van der Waals surface area (Å²) in [7, 11) is 0. The molecule has 0 unspecified atom stereocenters. The lowest BCUT2D eigenvalue weighted by atomic mass is 9.96. The number of nitrogens with two attached hydrogens (primary N) is 1. The summed E-state index contributed by atoms with van der Waals surface area (Å²) < 4.78 is 0. The lowest BCUT2D eigenvalue weighted by Crippen LogP contribution is -2.36. The van der Waals surface area contributed by atoms with Gasteiger partial charge in [-0.1, -0.05) is 0 Å². The molecule has 1 fully saturated rings. The molecule has 0 aliphatic carbocycles. The molecular formula is C15H18N4O2. The van der Waals surface area contributed by atoms with E-state index in [1.807, 2.05) is 6.07 Å². The molecule has 1 aromatic heterocycles. The third-order valence-corrected chi connectivity index (χ3v) is 4.26. The SMILES string of the molecule is NCC1CCN(c2ccc([N+](=O)[O-])c3ccncc23)CC1. The largest absolute Gasteiger partial charge is 0.371 e. The van der Waals surface area contributed by atoms with E-state index < -0.39 is 0 Å². The molecule has 1 aliphatic heterocycles. The Bertz CT molecular complexity index is 666. The van der Waals surface area contributed by atoms with Gasteiger partial charge in [-0.25, -0.2) is 0 Å². The van der Waals surface area contributed by atoms with Crippen LogP contribution >= 0.6 is 0 Å². The number of nitrogens with zero attached hydrogens (tertiary/aromatic N) is 3. The Hall–Kier alpha value is -2.21. The number of fused-ring (bicyclic) bond motifs is 1. The van der Waals surface area contributed by atoms with Crippen LogP contribution in [0.5, 0.6) is 0 Å². The first-order valence-electron chi connectivity index (χ1n) is 7.17. The molecule has 0 spiro atoms. The van der Waals surface area contributed by atoms with Crippen LogP contribution < -0.4 is 10.6 Å². The van der Waals surface area contributed by atoms with Crippen LogP contribution in [0.2, 0.25) is 0 Å². The summed E-state index contributed by atoms with van der Waals surface area (Å²) in [5, 5.41) is 12.6. The average molecular weight is 286 g/mol. The fourth-order valence-corrected chi connectivity index (χ4v) is 3.00. The van der Waals surface area contributed by atoms with Crippen molar-refractivity contribution in [3.63, 3.8) is 0 Å². The van der Waals surface area contributed by atoms with Crippen LogP contribution in [-0.4, -0.2) is 29.5 Å². The Kier molecular flexibility index (Phi) is 3.70. The number of pyridine rings is 1. The van der Waals surface area contributed by atoms with E-state index >= 15 is 0 Å². The Morgan fingerprint density at radius 2 is 2.05 bits per heavy atom. The van der Waals surface area contributed by atoms with E-state index in [1.54, 1.807) is 24.5 Å². The smallest absolute Gasteiger partial charge is 0.277 e. The van der Waals surface area contributed by atoms with Gasteiger partial charge in [0.05, 0.1) is 10.3 Å². The standard InChI is InChI=1S/C15H18N4O2/c16-9-11-4-7-18(8-5-11)14-1-2-15(19(20)21)12-3-6-17-10-13(12)14/h1-3,6,10-11H,4-5,7-9,16H2. The Morgan fingerprint density at radius 1 is 1.29 bits per heavy atom. The second-order valence-corrected chi connectivity index (χ2v) is 5.45. The predicted molar refractivity (Wildman–Crippen MR) is 82.4 cm³/mol. The molecule has 0 atom stereocenters. The van der Waals surface area contributed by atoms with Crippen molar-refractivity contribution in [2.24, 2.45) is 11.7 Å². The van der Waals surface area contributed by atoms with Crippen molar-refractivity contribution < 1.29 is 4.92 Å². The summed E-state index contributed by atoms with van der Waals surface area (Å²) in [5.74, 6) is 0.587. The maximum Gasteiger partial charge on any atom is 0.277 e. The molecule has 0 radical (unpaired) electrons. The molecule has 1 aromatic carbocycles. The molecule has 2 N–H and O–H groups in total. The zero-order chi connectivity index (χ0) is 14.8. The molecule has 21 heavy (non-hydrogen) atoms. The van der Waals surface area contributed by atoms with E-state index in [-0.39, 0.29) is 10.6 Å². The molecule has 2 aromatic rings. The molecule has 110 valence electrons. The van der Waals surface area contributed by atoms with E-state index in [4.69, 9.17) is 5.73 Å². The van der Waals surface area contributed by atoms with Gasteiger partial charge in [0, 0.05) is 42.6 Å². The van der Waals surface area contributed by atoms with Crippen molar-refractivity contribution in [1.82, 2.24) is 4.98 Å². The summed E-state index contributed by atoms with van der Waals surface area (Å²) in [4.78, 5) is 17.2. The lowest BCUT2D eigenvalue weighted by Gasteiger charge is -2.33. The van der Waals surface area contributed by atoms with Crippen LogP contribution in [0.3, 0.4) is 0 Å². The van der Waals surface area contributed by atoms with Crippen molar-refractivity contribution in [1.29, 1.82) is 0 Å². The predicted octanol–water partition coefficient (Wildman–Crippen LogP) is 2.32. The molecule has 2 heterocycles. The van der Waals surface area contributed by atoms with Gasteiger partial charge in [-0.2, -0.15) is 0 Å². The monoisotopic (exact) mass is 286 g/mol. The number of hydrogen-bond donors (Lipinski definition) is 1. The second kappa shape index (κ2) is 5.65. The van der Waals surface area contributed by atoms with Crippen molar-refractivity contribution in [2.75, 3.05) is 24.5 Å². The highest BCUT2D eigenvalue weighted by Gasteiger charge is 2.22. The molecule has 1 aliphatic rings. The van der Waals surface area contributed by atoms with Gasteiger partial charge in [0.25, 0.3) is 5.69 Å². The van der Waals surface area contributed by atoms with E-state index in [0.717, 1.165) is 43.5 Å². The highest BCUT2D eigenvalue weighted by molar-refractivity contribution is 5.99. The highest BCUT2D eigenvalue weighted by Crippen LogP contribution is 2.34. The minimum absolute atomic E-state index is 0.132. The van der Waals surface area contributed by atoms with E-state index in [2.05, 4.69) is 9.88 Å². The zero-order valence-electron chi connectivity index (χ0n) is 11.7. The molecule has 1 saturated heterocycles. The van der Waals surface area contributed by atoms with Crippen molar-refractivity contribution in [3.8, 4) is 0 Å². The topological polar surface area (TPSA) is 85.3 Å². The van der Waals surface area contributed by atoms with Gasteiger partial charge in [-0.15, -0.1) is 0 Å². The zero-order valence-corrected chi connectivity index (χ0v) is 11.7. The first-order chi connectivity index (χ1) is 10.2. The lowest BCUT2D eigenvalue weighted by molar-refractivity contribution is -0.383. The molecule has 6 heteroatoms. The third kappa shape index (κ3) is 2.54. The van der Waals surface area contributed by atoms with Gasteiger partial charge >= 0.3 is 0 Å². The Balaban J connectivity index is 2.00. The molecule has 6 nitrogen and oxygen atoms in total. The number of benzene rings is 1. The Morgan fingerprint density at radius 3 is 2.71 bits per heavy atom. The molecule has 0 amide bonds. The van der Waals surface area contributed by atoms with Crippen molar-refractivity contribution in [2.45, 2.75) is 12.8 Å². The van der Waals surface area contributed by atoms with Crippen molar-refractivity contribution >= 4 is 22.1 Å². The van der Waals surface area contributed by atoms with Crippen LogP contribution in [0.4, 0.5) is 11.4 Å². The minimum Gasteiger partial charge on any atom is -0.371 e. The minimum atomic E-state index is -0.341. The van der Waals surface area contributed by atoms with Gasteiger partial charge < -0.3 is 10.6 Å². The van der Waals surface area contributed by atoms with Gasteiger partial charge in [-0.05, 0) is 37.4 Å².